The summed E-state index contributed by atoms with van der Waals surface area (Å²) in [7, 11) is 0. The fraction of sp³-hybridized carbons (Fsp3) is 0.929. The summed E-state index contributed by atoms with van der Waals surface area (Å²) in [6, 6.07) is 0. The zero-order valence-electron chi connectivity index (χ0n) is 11.7. The number of hydrogen-bond donors (Lipinski definition) is 2. The van der Waals surface area contributed by atoms with Gasteiger partial charge in [0.2, 0.25) is 5.91 Å². The molecule has 1 heterocycles. The Kier molecular flexibility index (Phi) is 4.28. The minimum atomic E-state index is -0.549. The van der Waals surface area contributed by atoms with Gasteiger partial charge in [0.05, 0.1) is 5.54 Å². The molecule has 1 aliphatic carbocycles. The minimum Gasteiger partial charge on any atom is -0.368 e. The van der Waals surface area contributed by atoms with Gasteiger partial charge in [-0.05, 0) is 44.6 Å². The van der Waals surface area contributed by atoms with E-state index in [2.05, 4.69) is 10.2 Å². The molecule has 1 aliphatic heterocycles. The molecular formula is C14H27N3O. The summed E-state index contributed by atoms with van der Waals surface area (Å²) < 4.78 is 0. The van der Waals surface area contributed by atoms with Crippen LogP contribution in [0.25, 0.3) is 0 Å². The van der Waals surface area contributed by atoms with Gasteiger partial charge in [0.25, 0.3) is 0 Å². The van der Waals surface area contributed by atoms with E-state index in [9.17, 15) is 4.79 Å². The van der Waals surface area contributed by atoms with Crippen LogP contribution in [-0.2, 0) is 4.79 Å². The SMILES string of the molecule is CCNC(C)(CCN1CC2CCCC2C1)C(N)=O. The summed E-state index contributed by atoms with van der Waals surface area (Å²) in [5.41, 5.74) is 4.96. The number of carbonyl (C=O) groups excluding carboxylic acids is 1. The quantitative estimate of drug-likeness (QED) is 0.741. The van der Waals surface area contributed by atoms with Crippen molar-refractivity contribution in [3.05, 3.63) is 0 Å². The summed E-state index contributed by atoms with van der Waals surface area (Å²) in [6.07, 6.45) is 5.04. The molecular weight excluding hydrogens is 226 g/mol. The van der Waals surface area contributed by atoms with Crippen molar-refractivity contribution in [1.29, 1.82) is 0 Å². The van der Waals surface area contributed by atoms with Gasteiger partial charge in [0, 0.05) is 19.6 Å². The predicted molar refractivity (Wildman–Crippen MR) is 73.2 cm³/mol. The third-order valence-corrected chi connectivity index (χ3v) is 4.84. The molecule has 0 aromatic carbocycles. The molecule has 0 spiro atoms. The topological polar surface area (TPSA) is 58.4 Å². The second kappa shape index (κ2) is 5.57. The monoisotopic (exact) mass is 253 g/mol. The van der Waals surface area contributed by atoms with Gasteiger partial charge >= 0.3 is 0 Å². The van der Waals surface area contributed by atoms with Crippen molar-refractivity contribution >= 4 is 5.91 Å². The first-order valence-corrected chi connectivity index (χ1v) is 7.32. The van der Waals surface area contributed by atoms with Crippen LogP contribution >= 0.6 is 0 Å². The first kappa shape index (κ1) is 13.8. The standard InChI is InChI=1S/C14H27N3O/c1-3-16-14(2,13(15)18)7-8-17-9-11-5-4-6-12(11)10-17/h11-12,16H,3-10H2,1-2H3,(H2,15,18). The number of hydrogen-bond acceptors (Lipinski definition) is 3. The zero-order valence-corrected chi connectivity index (χ0v) is 11.7. The molecule has 1 amide bonds. The highest BCUT2D eigenvalue weighted by molar-refractivity contribution is 5.84. The van der Waals surface area contributed by atoms with Crippen molar-refractivity contribution in [1.82, 2.24) is 10.2 Å². The first-order chi connectivity index (χ1) is 8.55. The smallest absolute Gasteiger partial charge is 0.237 e. The molecule has 0 bridgehead atoms. The van der Waals surface area contributed by atoms with E-state index in [1.165, 1.54) is 32.4 Å². The lowest BCUT2D eigenvalue weighted by Gasteiger charge is -2.29. The van der Waals surface area contributed by atoms with Crippen molar-refractivity contribution in [2.24, 2.45) is 17.6 Å². The van der Waals surface area contributed by atoms with Crippen molar-refractivity contribution in [3.8, 4) is 0 Å². The summed E-state index contributed by atoms with van der Waals surface area (Å²) in [4.78, 5) is 14.1. The molecule has 2 rings (SSSR count). The van der Waals surface area contributed by atoms with Crippen LogP contribution in [0.1, 0.15) is 39.5 Å². The molecule has 1 saturated carbocycles. The highest BCUT2D eigenvalue weighted by atomic mass is 16.1. The van der Waals surface area contributed by atoms with Crippen molar-refractivity contribution in [2.75, 3.05) is 26.2 Å². The van der Waals surface area contributed by atoms with E-state index in [1.807, 2.05) is 13.8 Å². The van der Waals surface area contributed by atoms with Gasteiger partial charge in [-0.2, -0.15) is 0 Å². The Balaban J connectivity index is 1.82. The molecule has 2 aliphatic rings. The molecule has 3 unspecified atom stereocenters. The lowest BCUT2D eigenvalue weighted by atomic mass is 9.96. The fourth-order valence-corrected chi connectivity index (χ4v) is 3.59. The van der Waals surface area contributed by atoms with E-state index in [-0.39, 0.29) is 5.91 Å². The Morgan fingerprint density at radius 3 is 2.50 bits per heavy atom. The maximum atomic E-state index is 11.6. The van der Waals surface area contributed by atoms with Crippen LogP contribution in [0.2, 0.25) is 0 Å². The number of primary amides is 1. The zero-order chi connectivity index (χ0) is 13.2. The van der Waals surface area contributed by atoms with Gasteiger partial charge < -0.3 is 16.0 Å². The van der Waals surface area contributed by atoms with Crippen LogP contribution < -0.4 is 11.1 Å². The molecule has 18 heavy (non-hydrogen) atoms. The number of nitrogens with two attached hydrogens (primary N) is 1. The maximum Gasteiger partial charge on any atom is 0.237 e. The van der Waals surface area contributed by atoms with Crippen LogP contribution in [-0.4, -0.2) is 42.5 Å². The molecule has 104 valence electrons. The second-order valence-electron chi connectivity index (χ2n) is 6.19. The normalized spacial score (nSPS) is 31.2. The van der Waals surface area contributed by atoms with Crippen LogP contribution in [0.5, 0.6) is 0 Å². The minimum absolute atomic E-state index is 0.233. The summed E-state index contributed by atoms with van der Waals surface area (Å²) in [5.74, 6) is 1.61. The highest BCUT2D eigenvalue weighted by Crippen LogP contribution is 2.37. The van der Waals surface area contributed by atoms with E-state index < -0.39 is 5.54 Å². The Morgan fingerprint density at radius 2 is 2.00 bits per heavy atom. The Bertz CT molecular complexity index is 295. The molecule has 3 N–H and O–H groups in total. The summed E-state index contributed by atoms with van der Waals surface area (Å²) in [6.45, 7) is 8.17. The van der Waals surface area contributed by atoms with Gasteiger partial charge in [0.15, 0.2) is 0 Å². The van der Waals surface area contributed by atoms with Crippen molar-refractivity contribution in [2.45, 2.75) is 45.1 Å². The Hall–Kier alpha value is -0.610. The molecule has 1 saturated heterocycles. The molecule has 0 aromatic rings. The maximum absolute atomic E-state index is 11.6. The van der Waals surface area contributed by atoms with Crippen LogP contribution in [0.3, 0.4) is 0 Å². The number of carbonyl (C=O) groups is 1. The fourth-order valence-electron chi connectivity index (χ4n) is 3.59. The van der Waals surface area contributed by atoms with Crippen LogP contribution in [0.4, 0.5) is 0 Å². The third-order valence-electron chi connectivity index (χ3n) is 4.84. The van der Waals surface area contributed by atoms with E-state index in [1.54, 1.807) is 0 Å². The number of fused-ring (bicyclic) bond motifs is 1. The van der Waals surface area contributed by atoms with E-state index in [4.69, 9.17) is 5.73 Å². The number of nitrogens with one attached hydrogen (secondary N) is 1. The van der Waals surface area contributed by atoms with Gasteiger partial charge in [0.1, 0.15) is 0 Å². The van der Waals surface area contributed by atoms with E-state index >= 15 is 0 Å². The van der Waals surface area contributed by atoms with Crippen molar-refractivity contribution < 1.29 is 4.79 Å². The Morgan fingerprint density at radius 1 is 1.39 bits per heavy atom. The van der Waals surface area contributed by atoms with Gasteiger partial charge in [-0.25, -0.2) is 0 Å². The largest absolute Gasteiger partial charge is 0.368 e. The lowest BCUT2D eigenvalue weighted by Crippen LogP contribution is -2.54. The van der Waals surface area contributed by atoms with E-state index in [0.29, 0.717) is 0 Å². The predicted octanol–water partition coefficient (Wildman–Crippen LogP) is 0.962. The molecule has 4 nitrogen and oxygen atoms in total. The number of rotatable bonds is 6. The summed E-state index contributed by atoms with van der Waals surface area (Å²) in [5, 5.41) is 3.23. The summed E-state index contributed by atoms with van der Waals surface area (Å²) >= 11 is 0. The molecule has 2 fully saturated rings. The first-order valence-electron chi connectivity index (χ1n) is 7.32. The third kappa shape index (κ3) is 2.86. The van der Waals surface area contributed by atoms with Crippen molar-refractivity contribution in [3.63, 3.8) is 0 Å². The molecule has 0 aromatic heterocycles. The molecule has 0 radical (unpaired) electrons. The van der Waals surface area contributed by atoms with Crippen LogP contribution in [0, 0.1) is 11.8 Å². The van der Waals surface area contributed by atoms with Gasteiger partial charge in [-0.3, -0.25) is 4.79 Å². The van der Waals surface area contributed by atoms with Gasteiger partial charge in [-0.1, -0.05) is 13.3 Å². The molecule has 3 atom stereocenters. The highest BCUT2D eigenvalue weighted by Gasteiger charge is 2.37. The second-order valence-corrected chi connectivity index (χ2v) is 6.19. The van der Waals surface area contributed by atoms with E-state index in [0.717, 1.165) is 31.3 Å². The van der Waals surface area contributed by atoms with Crippen LogP contribution in [0.15, 0.2) is 0 Å². The number of likely N-dealkylation sites (N-methyl/N-ethyl adjacent to an activating group) is 1. The number of nitrogens with zero attached hydrogens (tertiary/aromatic N) is 1. The number of likely N-dealkylation sites (tertiary alicyclic amines) is 1. The number of amides is 1. The van der Waals surface area contributed by atoms with Gasteiger partial charge in [-0.15, -0.1) is 0 Å². The molecule has 4 heteroatoms. The average Bonchev–Trinajstić information content (AvgIpc) is 2.86. The Labute approximate surface area is 110 Å². The lowest BCUT2D eigenvalue weighted by molar-refractivity contribution is -0.124. The average molecular weight is 253 g/mol.